The predicted octanol–water partition coefficient (Wildman–Crippen LogP) is 6.18. The number of nitrogens with zero attached hydrogens (tertiary/aromatic N) is 2. The van der Waals surface area contributed by atoms with E-state index in [0.29, 0.717) is 18.7 Å². The van der Waals surface area contributed by atoms with Crippen LogP contribution in [0.5, 0.6) is 11.6 Å². The number of methoxy groups -OCH3 is 1. The number of allylic oxidation sites excluding steroid dienone is 1. The molecule has 3 unspecified atom stereocenters. The van der Waals surface area contributed by atoms with E-state index in [4.69, 9.17) is 18.7 Å². The lowest BCUT2D eigenvalue weighted by Crippen LogP contribution is -2.46. The van der Waals surface area contributed by atoms with Crippen LogP contribution in [-0.4, -0.2) is 76.6 Å². The van der Waals surface area contributed by atoms with Gasteiger partial charge in [0.25, 0.3) is 0 Å². The monoisotopic (exact) mass is 696 g/mol. The van der Waals surface area contributed by atoms with Crippen molar-refractivity contribution in [2.24, 2.45) is 17.8 Å². The van der Waals surface area contributed by atoms with Gasteiger partial charge in [-0.2, -0.15) is 0 Å². The molecular weight excluding hydrogens is 647 g/mol. The average molecular weight is 697 g/mol. The Morgan fingerprint density at radius 2 is 2.00 bits per heavy atom. The molecule has 0 radical (unpaired) electrons. The number of cyclic esters (lactones) is 1. The summed E-state index contributed by atoms with van der Waals surface area (Å²) < 4.78 is 36.7. The lowest BCUT2D eigenvalue weighted by atomic mass is 9.86. The van der Waals surface area contributed by atoms with Crippen LogP contribution < -0.4 is 9.47 Å². The van der Waals surface area contributed by atoms with Gasteiger partial charge in [0.15, 0.2) is 5.78 Å². The van der Waals surface area contributed by atoms with Crippen molar-refractivity contribution >= 4 is 36.0 Å². The zero-order valence-electron chi connectivity index (χ0n) is 28.6. The Hall–Kier alpha value is -3.27. The number of carbonyl (C=O) groups is 3. The molecule has 1 aromatic carbocycles. The second-order valence-electron chi connectivity index (χ2n) is 14.1. The van der Waals surface area contributed by atoms with Gasteiger partial charge in [-0.05, 0) is 92.9 Å². The molecule has 266 valence electrons. The fraction of sp³-hybridized carbons (Fsp3) is 0.622. The SMILES string of the molecule is C=CC1CC1(CC(=O)[C@@H]1C[C@@H]2CN1C(=O)[C@H](C1CCCC1)CC(=O)OCCCCCc1cc3c(nccc3cc1OC)O2)P(=O)(O)OCC. The van der Waals surface area contributed by atoms with Crippen molar-refractivity contribution < 1.29 is 42.6 Å². The van der Waals surface area contributed by atoms with Crippen LogP contribution in [0.1, 0.15) is 83.1 Å². The highest BCUT2D eigenvalue weighted by molar-refractivity contribution is 7.55. The molecule has 4 aliphatic rings. The molecule has 6 atom stereocenters. The predicted molar refractivity (Wildman–Crippen MR) is 184 cm³/mol. The van der Waals surface area contributed by atoms with Gasteiger partial charge in [-0.1, -0.05) is 18.9 Å². The van der Waals surface area contributed by atoms with Gasteiger partial charge in [0, 0.05) is 24.4 Å². The largest absolute Gasteiger partial charge is 0.496 e. The lowest BCUT2D eigenvalue weighted by molar-refractivity contribution is -0.151. The van der Waals surface area contributed by atoms with Crippen molar-refractivity contribution in [1.82, 2.24) is 9.88 Å². The number of esters is 1. The van der Waals surface area contributed by atoms with Crippen molar-refractivity contribution in [2.75, 3.05) is 26.9 Å². The molecule has 3 heterocycles. The lowest BCUT2D eigenvalue weighted by Gasteiger charge is -2.31. The molecule has 12 heteroatoms. The number of benzene rings is 1. The van der Waals surface area contributed by atoms with E-state index < -0.39 is 36.8 Å². The van der Waals surface area contributed by atoms with Crippen molar-refractivity contribution in [3.05, 3.63) is 42.6 Å². The summed E-state index contributed by atoms with van der Waals surface area (Å²) in [6, 6.07) is 5.00. The van der Waals surface area contributed by atoms with E-state index in [-0.39, 0.29) is 62.5 Å². The van der Waals surface area contributed by atoms with E-state index in [9.17, 15) is 23.8 Å². The number of hydrogen-bond donors (Lipinski definition) is 1. The van der Waals surface area contributed by atoms with Gasteiger partial charge in [-0.15, -0.1) is 6.58 Å². The first kappa shape index (κ1) is 35.6. The zero-order valence-corrected chi connectivity index (χ0v) is 29.5. The Balaban J connectivity index is 1.36. The number of amides is 1. The molecule has 11 nitrogen and oxygen atoms in total. The highest BCUT2D eigenvalue weighted by Crippen LogP contribution is 2.73. The Kier molecular flexibility index (Phi) is 10.8. The van der Waals surface area contributed by atoms with E-state index in [0.717, 1.165) is 67.0 Å². The van der Waals surface area contributed by atoms with E-state index >= 15 is 0 Å². The first-order chi connectivity index (χ1) is 23.6. The number of rotatable bonds is 9. The molecule has 1 saturated heterocycles. The summed E-state index contributed by atoms with van der Waals surface area (Å²) in [4.78, 5) is 59.2. The van der Waals surface area contributed by atoms with Crippen LogP contribution in [0.15, 0.2) is 37.1 Å². The van der Waals surface area contributed by atoms with Crippen molar-refractivity contribution in [1.29, 1.82) is 0 Å². The molecular formula is C37H49N2O9P. The molecule has 1 aromatic heterocycles. The number of aryl methyl sites for hydroxylation is 1. The molecule has 2 aromatic rings. The number of fused-ring (bicyclic) bond motifs is 3. The smallest absolute Gasteiger partial charge is 0.335 e. The van der Waals surface area contributed by atoms with Crippen LogP contribution in [-0.2, 0) is 34.6 Å². The minimum absolute atomic E-state index is 0.00466. The highest BCUT2D eigenvalue weighted by atomic mass is 31.2. The van der Waals surface area contributed by atoms with Crippen LogP contribution >= 0.6 is 7.60 Å². The summed E-state index contributed by atoms with van der Waals surface area (Å²) in [5.41, 5.74) is 1.01. The fourth-order valence-electron chi connectivity index (χ4n) is 8.31. The maximum Gasteiger partial charge on any atom is 0.335 e. The number of ketones is 1. The van der Waals surface area contributed by atoms with E-state index in [1.54, 1.807) is 31.2 Å². The van der Waals surface area contributed by atoms with Crippen LogP contribution in [0.4, 0.5) is 0 Å². The van der Waals surface area contributed by atoms with E-state index in [2.05, 4.69) is 11.6 Å². The quantitative estimate of drug-likeness (QED) is 0.183. The third-order valence-electron chi connectivity index (χ3n) is 11.1. The summed E-state index contributed by atoms with van der Waals surface area (Å²) in [7, 11) is -2.53. The summed E-state index contributed by atoms with van der Waals surface area (Å²) in [5.74, 6) is -0.802. The molecule has 0 spiro atoms. The second kappa shape index (κ2) is 14.9. The third-order valence-corrected chi connectivity index (χ3v) is 13.5. The van der Waals surface area contributed by atoms with Crippen molar-refractivity contribution in [3.8, 4) is 11.6 Å². The van der Waals surface area contributed by atoms with Gasteiger partial charge in [0.05, 0.1) is 50.4 Å². The van der Waals surface area contributed by atoms with Crippen LogP contribution in [0.25, 0.3) is 10.8 Å². The Labute approximate surface area is 288 Å². The normalized spacial score (nSPS) is 29.5. The van der Waals surface area contributed by atoms with Crippen molar-refractivity contribution in [3.63, 3.8) is 0 Å². The topological polar surface area (TPSA) is 142 Å². The van der Waals surface area contributed by atoms with Crippen LogP contribution in [0, 0.1) is 17.8 Å². The number of pyridine rings is 1. The van der Waals surface area contributed by atoms with Gasteiger partial charge in [0.2, 0.25) is 11.8 Å². The Morgan fingerprint density at radius 3 is 2.71 bits per heavy atom. The molecule has 6 rings (SSSR count). The molecule has 49 heavy (non-hydrogen) atoms. The third kappa shape index (κ3) is 7.31. The molecule has 4 bridgehead atoms. The van der Waals surface area contributed by atoms with E-state index in [1.165, 1.54) is 0 Å². The maximum absolute atomic E-state index is 14.6. The summed E-state index contributed by atoms with van der Waals surface area (Å²) in [6.45, 7) is 5.89. The summed E-state index contributed by atoms with van der Waals surface area (Å²) in [5, 5.41) is 0.435. The fourth-order valence-corrected chi connectivity index (χ4v) is 10.2. The number of ether oxygens (including phenoxy) is 3. The summed E-state index contributed by atoms with van der Waals surface area (Å²) >= 11 is 0. The molecule has 1 amide bonds. The first-order valence-electron chi connectivity index (χ1n) is 17.8. The van der Waals surface area contributed by atoms with Crippen LogP contribution in [0.3, 0.4) is 0 Å². The number of carbonyl (C=O) groups excluding carboxylic acids is 3. The van der Waals surface area contributed by atoms with Gasteiger partial charge < -0.3 is 28.5 Å². The van der Waals surface area contributed by atoms with E-state index in [1.807, 2.05) is 18.2 Å². The molecule has 2 aliphatic heterocycles. The standard InChI is InChI=1S/C37H49N2O9P/c1-4-27-21-37(27,49(43,44)47-5-2)22-32(40)31-19-28-23-39(31)36(42)30(24-11-8-9-12-24)20-34(41)46-16-10-6-7-13-26-17-29-25(18-33(26)45-3)14-15-38-35(29)48-28/h4,14-15,17-18,24,27-28,30-31H,1,5-13,16,19-23H2,2-3H3,(H,43,44)/t27?,28-,30+,31+,37?/m1/s1. The Bertz CT molecular complexity index is 1620. The Morgan fingerprint density at radius 1 is 1.20 bits per heavy atom. The zero-order chi connectivity index (χ0) is 34.8. The second-order valence-corrected chi connectivity index (χ2v) is 16.3. The maximum atomic E-state index is 14.6. The first-order valence-corrected chi connectivity index (χ1v) is 19.4. The number of Topliss-reactive ketones (excluding diaryl/α,β-unsaturated/α-hetero) is 1. The van der Waals surface area contributed by atoms with Gasteiger partial charge in [-0.3, -0.25) is 18.9 Å². The average Bonchev–Trinajstić information content (AvgIpc) is 3.37. The number of hydrogen-bond acceptors (Lipinski definition) is 9. The number of aromatic nitrogens is 1. The molecule has 1 N–H and O–H groups in total. The molecule has 3 fully saturated rings. The molecule has 2 aliphatic carbocycles. The highest BCUT2D eigenvalue weighted by Gasteiger charge is 2.66. The van der Waals surface area contributed by atoms with Gasteiger partial charge >= 0.3 is 13.6 Å². The van der Waals surface area contributed by atoms with Gasteiger partial charge in [0.1, 0.15) is 11.9 Å². The van der Waals surface area contributed by atoms with Gasteiger partial charge in [-0.25, -0.2) is 4.98 Å². The minimum Gasteiger partial charge on any atom is -0.496 e. The van der Waals surface area contributed by atoms with Crippen LogP contribution in [0.2, 0.25) is 0 Å². The minimum atomic E-state index is -4.18. The van der Waals surface area contributed by atoms with Crippen molar-refractivity contribution in [2.45, 2.75) is 101 Å². The summed E-state index contributed by atoms with van der Waals surface area (Å²) in [6.07, 6.45) is 9.72. The molecule has 2 saturated carbocycles.